The number of nitrogens with zero attached hydrogens (tertiary/aromatic N) is 1. The Labute approximate surface area is 111 Å². The van der Waals surface area contributed by atoms with Gasteiger partial charge in [0.25, 0.3) is 9.05 Å². The molecule has 1 aliphatic rings. The average molecular weight is 310 g/mol. The van der Waals surface area contributed by atoms with Crippen molar-refractivity contribution in [1.82, 2.24) is 4.31 Å². The van der Waals surface area contributed by atoms with Gasteiger partial charge in [0.15, 0.2) is 0 Å². The second-order valence-electron chi connectivity index (χ2n) is 4.17. The van der Waals surface area contributed by atoms with Gasteiger partial charge in [-0.25, -0.2) is 16.8 Å². The van der Waals surface area contributed by atoms with Gasteiger partial charge in [0.2, 0.25) is 10.0 Å². The predicted molar refractivity (Wildman–Crippen MR) is 67.5 cm³/mol. The summed E-state index contributed by atoms with van der Waals surface area (Å²) in [6.45, 7) is 0. The van der Waals surface area contributed by atoms with Gasteiger partial charge in [0, 0.05) is 23.8 Å². The number of benzene rings is 1. The third-order valence-corrected chi connectivity index (χ3v) is 6.08. The van der Waals surface area contributed by atoms with E-state index in [9.17, 15) is 16.8 Å². The zero-order chi connectivity index (χ0) is 13.6. The summed E-state index contributed by atoms with van der Waals surface area (Å²) < 4.78 is 48.0. The molecular weight excluding hydrogens is 298 g/mol. The first kappa shape index (κ1) is 13.8. The van der Waals surface area contributed by atoms with Crippen molar-refractivity contribution >= 4 is 29.8 Å². The third-order valence-electron chi connectivity index (χ3n) is 2.83. The third kappa shape index (κ3) is 2.69. The van der Waals surface area contributed by atoms with Gasteiger partial charge in [-0.05, 0) is 31.0 Å². The summed E-state index contributed by atoms with van der Waals surface area (Å²) in [5.74, 6) is 0. The van der Waals surface area contributed by atoms with E-state index in [0.717, 1.165) is 18.9 Å². The summed E-state index contributed by atoms with van der Waals surface area (Å²) >= 11 is 0. The number of hydrogen-bond donors (Lipinski definition) is 0. The van der Waals surface area contributed by atoms with E-state index < -0.39 is 19.1 Å². The molecule has 0 spiro atoms. The van der Waals surface area contributed by atoms with Crippen LogP contribution in [0.25, 0.3) is 0 Å². The van der Waals surface area contributed by atoms with E-state index in [1.165, 1.54) is 29.6 Å². The Bertz CT molecular complexity index is 665. The van der Waals surface area contributed by atoms with Crippen molar-refractivity contribution in [2.75, 3.05) is 7.05 Å². The van der Waals surface area contributed by atoms with Crippen LogP contribution in [0.5, 0.6) is 0 Å². The maximum absolute atomic E-state index is 12.2. The van der Waals surface area contributed by atoms with E-state index in [0.29, 0.717) is 0 Å². The first-order valence-corrected chi connectivity index (χ1v) is 9.00. The Kier molecular flexibility index (Phi) is 3.44. The minimum atomic E-state index is -3.93. The number of hydrogen-bond acceptors (Lipinski definition) is 4. The zero-order valence-corrected chi connectivity index (χ0v) is 12.0. The second kappa shape index (κ2) is 4.48. The molecule has 0 saturated heterocycles. The van der Waals surface area contributed by atoms with Crippen molar-refractivity contribution in [2.45, 2.75) is 28.7 Å². The Morgan fingerprint density at radius 2 is 1.72 bits per heavy atom. The lowest BCUT2D eigenvalue weighted by Gasteiger charge is -2.16. The van der Waals surface area contributed by atoms with E-state index in [4.69, 9.17) is 10.7 Å². The summed E-state index contributed by atoms with van der Waals surface area (Å²) in [5, 5.41) is 0. The standard InChI is InChI=1S/C10H12ClNO4S2/c1-12(8-5-6-8)18(15,16)10-4-2-3-9(7-10)17(11,13)14/h2-4,7-8H,5-6H2,1H3. The summed E-state index contributed by atoms with van der Waals surface area (Å²) in [5.41, 5.74) is 0. The molecule has 8 heteroatoms. The average Bonchev–Trinajstić information content (AvgIpc) is 3.11. The molecule has 0 heterocycles. The van der Waals surface area contributed by atoms with Gasteiger partial charge in [0.1, 0.15) is 0 Å². The molecule has 0 N–H and O–H groups in total. The summed E-state index contributed by atoms with van der Waals surface area (Å²) in [7, 11) is -0.881. The van der Waals surface area contributed by atoms with Crippen molar-refractivity contribution in [1.29, 1.82) is 0 Å². The van der Waals surface area contributed by atoms with Crippen LogP contribution in [0.4, 0.5) is 0 Å². The number of halogens is 1. The fourth-order valence-corrected chi connectivity index (χ4v) is 3.92. The first-order valence-electron chi connectivity index (χ1n) is 5.26. The highest BCUT2D eigenvalue weighted by molar-refractivity contribution is 8.13. The summed E-state index contributed by atoms with van der Waals surface area (Å²) in [6, 6.07) is 5.09. The summed E-state index contributed by atoms with van der Waals surface area (Å²) in [6.07, 6.45) is 1.67. The summed E-state index contributed by atoms with van der Waals surface area (Å²) in [4.78, 5) is -0.270. The van der Waals surface area contributed by atoms with Gasteiger partial charge in [-0.3, -0.25) is 0 Å². The molecule has 1 aromatic carbocycles. The van der Waals surface area contributed by atoms with Crippen LogP contribution in [0.3, 0.4) is 0 Å². The molecule has 1 aliphatic carbocycles. The largest absolute Gasteiger partial charge is 0.261 e. The molecular formula is C10H12ClNO4S2. The monoisotopic (exact) mass is 309 g/mol. The van der Waals surface area contributed by atoms with Gasteiger partial charge >= 0.3 is 0 Å². The molecule has 18 heavy (non-hydrogen) atoms. The van der Waals surface area contributed by atoms with Crippen LogP contribution in [-0.2, 0) is 19.1 Å². The quantitative estimate of drug-likeness (QED) is 0.788. The molecule has 1 fully saturated rings. The van der Waals surface area contributed by atoms with Gasteiger partial charge in [-0.1, -0.05) is 6.07 Å². The fourth-order valence-electron chi connectivity index (χ4n) is 1.59. The molecule has 100 valence electrons. The highest BCUT2D eigenvalue weighted by Crippen LogP contribution is 2.31. The maximum atomic E-state index is 12.2. The minimum absolute atomic E-state index is 0.0197. The van der Waals surface area contributed by atoms with Crippen molar-refractivity contribution in [3.8, 4) is 0 Å². The molecule has 0 amide bonds. The van der Waals surface area contributed by atoms with Gasteiger partial charge in [-0.2, -0.15) is 4.31 Å². The van der Waals surface area contributed by atoms with Crippen molar-refractivity contribution < 1.29 is 16.8 Å². The zero-order valence-electron chi connectivity index (χ0n) is 9.58. The Hall–Kier alpha value is -0.630. The smallest absolute Gasteiger partial charge is 0.207 e. The molecule has 5 nitrogen and oxygen atoms in total. The normalized spacial score (nSPS) is 17.1. The fraction of sp³-hybridized carbons (Fsp3) is 0.400. The Balaban J connectivity index is 2.45. The second-order valence-corrected chi connectivity index (χ2v) is 8.73. The van der Waals surface area contributed by atoms with Crippen LogP contribution in [0, 0.1) is 0 Å². The lowest BCUT2D eigenvalue weighted by Crippen LogP contribution is -2.29. The highest BCUT2D eigenvalue weighted by atomic mass is 35.7. The number of rotatable bonds is 4. The topological polar surface area (TPSA) is 71.5 Å². The minimum Gasteiger partial charge on any atom is -0.207 e. The van der Waals surface area contributed by atoms with Crippen LogP contribution in [0.1, 0.15) is 12.8 Å². The Morgan fingerprint density at radius 1 is 1.17 bits per heavy atom. The van der Waals surface area contributed by atoms with Crippen LogP contribution >= 0.6 is 10.7 Å². The Morgan fingerprint density at radius 3 is 2.22 bits per heavy atom. The molecule has 0 unspecified atom stereocenters. The maximum Gasteiger partial charge on any atom is 0.261 e. The van der Waals surface area contributed by atoms with Gasteiger partial charge < -0.3 is 0 Å². The van der Waals surface area contributed by atoms with Gasteiger partial charge in [0.05, 0.1) is 9.79 Å². The predicted octanol–water partition coefficient (Wildman–Crippen LogP) is 1.40. The first-order chi connectivity index (χ1) is 8.23. The molecule has 1 saturated carbocycles. The molecule has 0 aliphatic heterocycles. The lowest BCUT2D eigenvalue weighted by molar-refractivity contribution is 0.464. The SMILES string of the molecule is CN(C1CC1)S(=O)(=O)c1cccc(S(=O)(=O)Cl)c1. The molecule has 0 aromatic heterocycles. The van der Waals surface area contributed by atoms with E-state index in [-0.39, 0.29) is 15.8 Å². The molecule has 1 aromatic rings. The van der Waals surface area contributed by atoms with Crippen LogP contribution in [0.15, 0.2) is 34.1 Å². The molecule has 0 radical (unpaired) electrons. The lowest BCUT2D eigenvalue weighted by atomic mass is 10.4. The molecule has 2 rings (SSSR count). The van der Waals surface area contributed by atoms with Crippen LogP contribution in [0.2, 0.25) is 0 Å². The van der Waals surface area contributed by atoms with E-state index in [1.54, 1.807) is 0 Å². The van der Waals surface area contributed by atoms with E-state index in [1.807, 2.05) is 0 Å². The van der Waals surface area contributed by atoms with Gasteiger partial charge in [-0.15, -0.1) is 0 Å². The van der Waals surface area contributed by atoms with Crippen LogP contribution in [-0.4, -0.2) is 34.2 Å². The van der Waals surface area contributed by atoms with Crippen LogP contribution < -0.4 is 0 Å². The van der Waals surface area contributed by atoms with E-state index in [2.05, 4.69) is 0 Å². The molecule has 0 atom stereocenters. The van der Waals surface area contributed by atoms with Crippen molar-refractivity contribution in [2.24, 2.45) is 0 Å². The van der Waals surface area contributed by atoms with Crippen molar-refractivity contribution in [3.05, 3.63) is 24.3 Å². The number of sulfonamides is 1. The highest BCUT2D eigenvalue weighted by Gasteiger charge is 2.35. The van der Waals surface area contributed by atoms with E-state index >= 15 is 0 Å². The van der Waals surface area contributed by atoms with Crippen molar-refractivity contribution in [3.63, 3.8) is 0 Å². The molecule has 0 bridgehead atoms.